The van der Waals surface area contributed by atoms with Crippen LogP contribution in [0.5, 0.6) is 0 Å². The van der Waals surface area contributed by atoms with Gasteiger partial charge >= 0.3 is 0 Å². The fraction of sp³-hybridized carbons (Fsp3) is 0.227. The average molecular weight is 481 g/mol. The molecule has 6 nitrogen and oxygen atoms in total. The third kappa shape index (κ3) is 4.71. The van der Waals surface area contributed by atoms with Crippen LogP contribution in [0.25, 0.3) is 11.3 Å². The Labute approximate surface area is 195 Å². The summed E-state index contributed by atoms with van der Waals surface area (Å²) >= 11 is 18.9. The second-order valence-corrected chi connectivity index (χ2v) is 7.91. The zero-order valence-electron chi connectivity index (χ0n) is 17.1. The molecule has 2 aromatic carbocycles. The molecule has 2 amide bonds. The minimum absolute atomic E-state index is 0.168. The molecule has 9 heteroatoms. The highest BCUT2D eigenvalue weighted by atomic mass is 35.5. The Kier molecular flexibility index (Phi) is 7.26. The molecule has 3 aromatic rings. The van der Waals surface area contributed by atoms with Crippen LogP contribution in [0.3, 0.4) is 0 Å². The first-order chi connectivity index (χ1) is 14.8. The van der Waals surface area contributed by atoms with Gasteiger partial charge in [0, 0.05) is 24.3 Å². The van der Waals surface area contributed by atoms with Crippen molar-refractivity contribution in [1.29, 1.82) is 0 Å². The summed E-state index contributed by atoms with van der Waals surface area (Å²) in [6.45, 7) is 6.56. The number of benzene rings is 2. The molecular weight excluding hydrogens is 461 g/mol. The first kappa shape index (κ1) is 23.1. The lowest BCUT2D eigenvalue weighted by Gasteiger charge is -2.19. The van der Waals surface area contributed by atoms with E-state index in [-0.39, 0.29) is 22.2 Å². The second kappa shape index (κ2) is 9.73. The Morgan fingerprint density at radius 2 is 1.68 bits per heavy atom. The number of halogens is 3. The highest BCUT2D eigenvalue weighted by Gasteiger charge is 2.25. The van der Waals surface area contributed by atoms with Crippen molar-refractivity contribution in [1.82, 2.24) is 10.1 Å². The zero-order chi connectivity index (χ0) is 22.7. The second-order valence-electron chi connectivity index (χ2n) is 6.69. The molecule has 1 heterocycles. The van der Waals surface area contributed by atoms with Crippen LogP contribution in [0.4, 0.5) is 5.69 Å². The van der Waals surface area contributed by atoms with Crippen LogP contribution in [-0.4, -0.2) is 35.0 Å². The van der Waals surface area contributed by atoms with E-state index in [0.717, 1.165) is 0 Å². The summed E-state index contributed by atoms with van der Waals surface area (Å²) in [4.78, 5) is 27.3. The first-order valence-electron chi connectivity index (χ1n) is 9.59. The van der Waals surface area contributed by atoms with Crippen molar-refractivity contribution in [2.75, 3.05) is 18.4 Å². The lowest BCUT2D eigenvalue weighted by atomic mass is 10.1. The molecule has 0 saturated carbocycles. The van der Waals surface area contributed by atoms with E-state index in [0.29, 0.717) is 45.7 Å². The topological polar surface area (TPSA) is 75.4 Å². The molecule has 0 radical (unpaired) electrons. The molecule has 0 bridgehead atoms. The van der Waals surface area contributed by atoms with Crippen molar-refractivity contribution in [3.63, 3.8) is 0 Å². The van der Waals surface area contributed by atoms with E-state index in [1.165, 1.54) is 6.07 Å². The number of carbonyl (C=O) groups is 2. The Bertz CT molecular complexity index is 1120. The van der Waals surface area contributed by atoms with E-state index in [4.69, 9.17) is 39.3 Å². The zero-order valence-corrected chi connectivity index (χ0v) is 19.4. The van der Waals surface area contributed by atoms with E-state index < -0.39 is 5.91 Å². The maximum Gasteiger partial charge on any atom is 0.261 e. The monoisotopic (exact) mass is 479 g/mol. The molecule has 3 rings (SSSR count). The molecular formula is C22H20Cl3N3O3. The number of aromatic nitrogens is 1. The fourth-order valence-corrected chi connectivity index (χ4v) is 4.01. The smallest absolute Gasteiger partial charge is 0.261 e. The summed E-state index contributed by atoms with van der Waals surface area (Å²) in [5.74, 6) is -0.329. The van der Waals surface area contributed by atoms with E-state index in [1.807, 2.05) is 13.8 Å². The maximum atomic E-state index is 13.0. The molecule has 0 unspecified atom stereocenters. The van der Waals surface area contributed by atoms with Crippen molar-refractivity contribution in [2.45, 2.75) is 20.8 Å². The van der Waals surface area contributed by atoms with Crippen LogP contribution in [0.15, 0.2) is 40.9 Å². The number of rotatable bonds is 6. The third-order valence-electron chi connectivity index (χ3n) is 4.80. The van der Waals surface area contributed by atoms with Gasteiger partial charge in [-0.2, -0.15) is 0 Å². The SMILES string of the molecule is CCN(CC)C(=O)c1ccc(NC(=O)c2c(-c3c(Cl)cccc3Cl)noc2C)cc1Cl. The van der Waals surface area contributed by atoms with Gasteiger partial charge in [-0.25, -0.2) is 0 Å². The number of hydrogen-bond acceptors (Lipinski definition) is 4. The van der Waals surface area contributed by atoms with E-state index in [2.05, 4.69) is 10.5 Å². The van der Waals surface area contributed by atoms with Gasteiger partial charge in [0.15, 0.2) is 0 Å². The quantitative estimate of drug-likeness (QED) is 0.446. The number of nitrogens with one attached hydrogen (secondary N) is 1. The molecule has 31 heavy (non-hydrogen) atoms. The van der Waals surface area contributed by atoms with Gasteiger partial charge in [-0.15, -0.1) is 0 Å². The molecule has 0 aliphatic heterocycles. The summed E-state index contributed by atoms with van der Waals surface area (Å²) in [7, 11) is 0. The summed E-state index contributed by atoms with van der Waals surface area (Å²) in [6.07, 6.45) is 0. The van der Waals surface area contributed by atoms with Gasteiger partial charge in [0.2, 0.25) is 0 Å². The van der Waals surface area contributed by atoms with Crippen LogP contribution >= 0.6 is 34.8 Å². The van der Waals surface area contributed by atoms with Gasteiger partial charge in [-0.1, -0.05) is 46.0 Å². The van der Waals surface area contributed by atoms with Crippen molar-refractivity contribution in [3.05, 3.63) is 68.4 Å². The van der Waals surface area contributed by atoms with Crippen LogP contribution in [-0.2, 0) is 0 Å². The molecule has 0 aliphatic rings. The molecule has 0 atom stereocenters. The summed E-state index contributed by atoms with van der Waals surface area (Å²) in [5.41, 5.74) is 1.64. The first-order valence-corrected chi connectivity index (χ1v) is 10.7. The largest absolute Gasteiger partial charge is 0.360 e. The Balaban J connectivity index is 1.91. The van der Waals surface area contributed by atoms with E-state index in [9.17, 15) is 9.59 Å². The fourth-order valence-electron chi connectivity index (χ4n) is 3.18. The number of aryl methyl sites for hydroxylation is 1. The molecule has 0 saturated heterocycles. The van der Waals surface area contributed by atoms with Crippen LogP contribution in [0.2, 0.25) is 15.1 Å². The van der Waals surface area contributed by atoms with Gasteiger partial charge in [0.05, 0.1) is 20.6 Å². The minimum atomic E-state index is -0.469. The van der Waals surface area contributed by atoms with E-state index >= 15 is 0 Å². The van der Waals surface area contributed by atoms with Gasteiger partial charge in [0.25, 0.3) is 11.8 Å². The molecule has 0 fully saturated rings. The third-order valence-corrected chi connectivity index (χ3v) is 5.74. The number of anilines is 1. The maximum absolute atomic E-state index is 13.0. The molecule has 1 aromatic heterocycles. The van der Waals surface area contributed by atoms with Gasteiger partial charge < -0.3 is 14.7 Å². The van der Waals surface area contributed by atoms with Gasteiger partial charge in [-0.3, -0.25) is 9.59 Å². The molecule has 0 spiro atoms. The Morgan fingerprint density at radius 3 is 2.26 bits per heavy atom. The molecule has 0 aliphatic carbocycles. The summed E-state index contributed by atoms with van der Waals surface area (Å²) in [6, 6.07) is 9.74. The standard InChI is InChI=1S/C22H20Cl3N3O3/c1-4-28(5-2)22(30)14-10-9-13(11-17(14)25)26-21(29)18-12(3)31-27-20(18)19-15(23)7-6-8-16(19)24/h6-11H,4-5H2,1-3H3,(H,26,29). The van der Waals surface area contributed by atoms with E-state index in [1.54, 1.807) is 42.2 Å². The van der Waals surface area contributed by atoms with Crippen molar-refractivity contribution in [3.8, 4) is 11.3 Å². The molecule has 162 valence electrons. The lowest BCUT2D eigenvalue weighted by molar-refractivity contribution is 0.0773. The molecule has 1 N–H and O–H groups in total. The Hall–Kier alpha value is -2.54. The predicted octanol–water partition coefficient (Wildman–Crippen LogP) is 6.34. The number of hydrogen-bond donors (Lipinski definition) is 1. The van der Waals surface area contributed by atoms with Crippen LogP contribution in [0, 0.1) is 6.92 Å². The van der Waals surface area contributed by atoms with Gasteiger partial charge in [-0.05, 0) is 51.1 Å². The average Bonchev–Trinajstić information content (AvgIpc) is 3.10. The minimum Gasteiger partial charge on any atom is -0.360 e. The van der Waals surface area contributed by atoms with Crippen LogP contribution < -0.4 is 5.32 Å². The van der Waals surface area contributed by atoms with Gasteiger partial charge in [0.1, 0.15) is 17.0 Å². The Morgan fingerprint density at radius 1 is 1.03 bits per heavy atom. The number of amides is 2. The van der Waals surface area contributed by atoms with Crippen LogP contribution in [0.1, 0.15) is 40.3 Å². The lowest BCUT2D eigenvalue weighted by Crippen LogP contribution is -2.30. The van der Waals surface area contributed by atoms with Crippen molar-refractivity contribution < 1.29 is 14.1 Å². The number of carbonyl (C=O) groups excluding carboxylic acids is 2. The number of nitrogens with zero attached hydrogens (tertiary/aromatic N) is 2. The highest BCUT2D eigenvalue weighted by molar-refractivity contribution is 6.39. The summed E-state index contributed by atoms with van der Waals surface area (Å²) < 4.78 is 5.24. The normalized spacial score (nSPS) is 10.8. The predicted molar refractivity (Wildman–Crippen MR) is 123 cm³/mol. The van der Waals surface area contributed by atoms with Crippen molar-refractivity contribution >= 4 is 52.3 Å². The highest BCUT2D eigenvalue weighted by Crippen LogP contribution is 2.37. The summed E-state index contributed by atoms with van der Waals surface area (Å²) in [5, 5.41) is 7.68. The van der Waals surface area contributed by atoms with Crippen molar-refractivity contribution in [2.24, 2.45) is 0 Å².